The lowest BCUT2D eigenvalue weighted by Crippen LogP contribution is -2.49. The SMILES string of the molecule is O=C(O)c1cccc(CNC(=O)N2CCC(C(=O)N3CCOCC3)CC2)c1. The molecule has 0 unspecified atom stereocenters. The molecule has 0 atom stereocenters. The number of hydrogen-bond acceptors (Lipinski definition) is 4. The van der Waals surface area contributed by atoms with Gasteiger partial charge in [0.15, 0.2) is 0 Å². The van der Waals surface area contributed by atoms with E-state index in [2.05, 4.69) is 5.32 Å². The van der Waals surface area contributed by atoms with Crippen LogP contribution in [0.25, 0.3) is 0 Å². The van der Waals surface area contributed by atoms with Gasteiger partial charge in [-0.1, -0.05) is 12.1 Å². The fraction of sp³-hybridized carbons (Fsp3) is 0.526. The Morgan fingerprint density at radius 1 is 1.07 bits per heavy atom. The van der Waals surface area contributed by atoms with E-state index in [1.807, 2.05) is 4.90 Å². The standard InChI is InChI=1S/C19H25N3O5/c23-17(21-8-10-27-11-9-21)15-4-6-22(7-5-15)19(26)20-13-14-2-1-3-16(12-14)18(24)25/h1-3,12,15H,4-11,13H2,(H,20,26)(H,24,25). The van der Waals surface area contributed by atoms with Gasteiger partial charge in [-0.05, 0) is 30.5 Å². The highest BCUT2D eigenvalue weighted by Crippen LogP contribution is 2.20. The molecule has 146 valence electrons. The van der Waals surface area contributed by atoms with Crippen molar-refractivity contribution in [2.24, 2.45) is 5.92 Å². The summed E-state index contributed by atoms with van der Waals surface area (Å²) in [5, 5.41) is 11.8. The van der Waals surface area contributed by atoms with E-state index in [0.717, 1.165) is 5.56 Å². The number of ether oxygens (including phenoxy) is 1. The normalized spacial score (nSPS) is 18.2. The summed E-state index contributed by atoms with van der Waals surface area (Å²) in [5.74, 6) is -0.849. The van der Waals surface area contributed by atoms with Gasteiger partial charge in [0, 0.05) is 38.6 Å². The number of nitrogens with one attached hydrogen (secondary N) is 1. The molecule has 1 aromatic rings. The average Bonchev–Trinajstić information content (AvgIpc) is 2.72. The second-order valence-electron chi connectivity index (χ2n) is 6.86. The third kappa shape index (κ3) is 4.97. The number of aromatic carboxylic acids is 1. The summed E-state index contributed by atoms with van der Waals surface area (Å²) in [6.45, 7) is 3.84. The van der Waals surface area contributed by atoms with Crippen molar-refractivity contribution in [2.45, 2.75) is 19.4 Å². The minimum Gasteiger partial charge on any atom is -0.478 e. The van der Waals surface area contributed by atoms with Gasteiger partial charge >= 0.3 is 12.0 Å². The topological polar surface area (TPSA) is 99.2 Å². The van der Waals surface area contributed by atoms with E-state index in [1.54, 1.807) is 23.1 Å². The smallest absolute Gasteiger partial charge is 0.335 e. The molecule has 0 aromatic heterocycles. The van der Waals surface area contributed by atoms with Crippen molar-refractivity contribution >= 4 is 17.9 Å². The van der Waals surface area contributed by atoms with Crippen LogP contribution in [-0.4, -0.2) is 72.2 Å². The lowest BCUT2D eigenvalue weighted by atomic mass is 9.95. The molecular weight excluding hydrogens is 350 g/mol. The maximum Gasteiger partial charge on any atom is 0.335 e. The molecule has 2 aliphatic rings. The van der Waals surface area contributed by atoms with Crippen molar-refractivity contribution in [3.8, 4) is 0 Å². The molecule has 0 radical (unpaired) electrons. The van der Waals surface area contributed by atoms with Gasteiger partial charge in [-0.15, -0.1) is 0 Å². The minimum absolute atomic E-state index is 0.0283. The molecule has 0 saturated carbocycles. The summed E-state index contributed by atoms with van der Waals surface area (Å²) in [7, 11) is 0. The fourth-order valence-electron chi connectivity index (χ4n) is 3.48. The highest BCUT2D eigenvalue weighted by molar-refractivity contribution is 5.87. The van der Waals surface area contributed by atoms with Gasteiger partial charge in [-0.2, -0.15) is 0 Å². The molecule has 2 fully saturated rings. The van der Waals surface area contributed by atoms with Crippen molar-refractivity contribution in [3.05, 3.63) is 35.4 Å². The summed E-state index contributed by atoms with van der Waals surface area (Å²) in [6, 6.07) is 6.32. The van der Waals surface area contributed by atoms with Crippen molar-refractivity contribution in [2.75, 3.05) is 39.4 Å². The van der Waals surface area contributed by atoms with Crippen LogP contribution >= 0.6 is 0 Å². The maximum absolute atomic E-state index is 12.5. The number of carboxylic acids is 1. The quantitative estimate of drug-likeness (QED) is 0.823. The molecular formula is C19H25N3O5. The van der Waals surface area contributed by atoms with Crippen molar-refractivity contribution in [3.63, 3.8) is 0 Å². The first-order chi connectivity index (χ1) is 13.0. The zero-order valence-electron chi connectivity index (χ0n) is 15.2. The van der Waals surface area contributed by atoms with Crippen molar-refractivity contribution in [1.29, 1.82) is 0 Å². The zero-order chi connectivity index (χ0) is 19.2. The van der Waals surface area contributed by atoms with E-state index in [4.69, 9.17) is 9.84 Å². The molecule has 8 heteroatoms. The van der Waals surface area contributed by atoms with Crippen LogP contribution in [-0.2, 0) is 16.1 Å². The van der Waals surface area contributed by atoms with Crippen LogP contribution in [0.5, 0.6) is 0 Å². The van der Waals surface area contributed by atoms with E-state index in [9.17, 15) is 14.4 Å². The number of piperidine rings is 1. The van der Waals surface area contributed by atoms with Gasteiger partial charge in [0.1, 0.15) is 0 Å². The Morgan fingerprint density at radius 2 is 1.78 bits per heavy atom. The molecule has 3 rings (SSSR count). The first kappa shape index (κ1) is 19.2. The van der Waals surface area contributed by atoms with Crippen LogP contribution in [0.2, 0.25) is 0 Å². The number of carbonyl (C=O) groups excluding carboxylic acids is 2. The Labute approximate surface area is 158 Å². The zero-order valence-corrected chi connectivity index (χ0v) is 15.2. The van der Waals surface area contributed by atoms with E-state index < -0.39 is 5.97 Å². The predicted molar refractivity (Wildman–Crippen MR) is 97.3 cm³/mol. The number of rotatable bonds is 4. The summed E-state index contributed by atoms with van der Waals surface area (Å²) < 4.78 is 5.28. The first-order valence-corrected chi connectivity index (χ1v) is 9.26. The number of likely N-dealkylation sites (tertiary alicyclic amines) is 1. The molecule has 8 nitrogen and oxygen atoms in total. The molecule has 27 heavy (non-hydrogen) atoms. The van der Waals surface area contributed by atoms with Crippen LogP contribution in [0.4, 0.5) is 4.79 Å². The van der Waals surface area contributed by atoms with Gasteiger partial charge in [-0.3, -0.25) is 4.79 Å². The monoisotopic (exact) mass is 375 g/mol. The molecule has 0 aliphatic carbocycles. The van der Waals surface area contributed by atoms with Gasteiger partial charge < -0.3 is 25.0 Å². The van der Waals surface area contributed by atoms with Crippen molar-refractivity contribution < 1.29 is 24.2 Å². The van der Waals surface area contributed by atoms with Gasteiger partial charge in [0.25, 0.3) is 0 Å². The molecule has 2 N–H and O–H groups in total. The number of benzene rings is 1. The molecule has 2 heterocycles. The maximum atomic E-state index is 12.5. The van der Waals surface area contributed by atoms with Crippen LogP contribution in [0.1, 0.15) is 28.8 Å². The third-order valence-electron chi connectivity index (χ3n) is 5.07. The Kier molecular flexibility index (Phi) is 6.28. The highest BCUT2D eigenvalue weighted by atomic mass is 16.5. The highest BCUT2D eigenvalue weighted by Gasteiger charge is 2.30. The number of carbonyl (C=O) groups is 3. The Morgan fingerprint density at radius 3 is 2.44 bits per heavy atom. The molecule has 2 aliphatic heterocycles. The molecule has 1 aromatic carbocycles. The van der Waals surface area contributed by atoms with Gasteiger partial charge in [0.05, 0.1) is 18.8 Å². The number of nitrogens with zero attached hydrogens (tertiary/aromatic N) is 2. The average molecular weight is 375 g/mol. The predicted octanol–water partition coefficient (Wildman–Crippen LogP) is 1.17. The number of carboxylic acid groups (broad SMARTS) is 1. The largest absolute Gasteiger partial charge is 0.478 e. The third-order valence-corrected chi connectivity index (χ3v) is 5.07. The van der Waals surface area contributed by atoms with E-state index in [0.29, 0.717) is 52.2 Å². The number of morpholine rings is 1. The summed E-state index contributed by atoms with van der Waals surface area (Å²) in [4.78, 5) is 39.5. The van der Waals surface area contributed by atoms with E-state index in [1.165, 1.54) is 6.07 Å². The lowest BCUT2D eigenvalue weighted by Gasteiger charge is -2.35. The number of hydrogen-bond donors (Lipinski definition) is 2. The van der Waals surface area contributed by atoms with E-state index >= 15 is 0 Å². The van der Waals surface area contributed by atoms with Gasteiger partial charge in [-0.25, -0.2) is 9.59 Å². The number of urea groups is 1. The Hall–Kier alpha value is -2.61. The molecule has 0 spiro atoms. The molecule has 3 amide bonds. The van der Waals surface area contributed by atoms with Gasteiger partial charge in [0.2, 0.25) is 5.91 Å². The number of amides is 3. The first-order valence-electron chi connectivity index (χ1n) is 9.26. The van der Waals surface area contributed by atoms with Crippen molar-refractivity contribution in [1.82, 2.24) is 15.1 Å². The summed E-state index contributed by atoms with van der Waals surface area (Å²) in [6.07, 6.45) is 1.33. The Balaban J connectivity index is 1.45. The Bertz CT molecular complexity index is 694. The van der Waals surface area contributed by atoms with Crippen LogP contribution in [0, 0.1) is 5.92 Å². The van der Waals surface area contributed by atoms with E-state index in [-0.39, 0.29) is 30.0 Å². The summed E-state index contributed by atoms with van der Waals surface area (Å²) >= 11 is 0. The van der Waals surface area contributed by atoms with Crippen LogP contribution in [0.15, 0.2) is 24.3 Å². The lowest BCUT2D eigenvalue weighted by molar-refractivity contribution is -0.141. The second-order valence-corrected chi connectivity index (χ2v) is 6.86. The molecule has 2 saturated heterocycles. The molecule has 0 bridgehead atoms. The minimum atomic E-state index is -0.991. The summed E-state index contributed by atoms with van der Waals surface area (Å²) in [5.41, 5.74) is 0.935. The van der Waals surface area contributed by atoms with Crippen LogP contribution in [0.3, 0.4) is 0 Å². The fourth-order valence-corrected chi connectivity index (χ4v) is 3.48. The van der Waals surface area contributed by atoms with Crippen LogP contribution < -0.4 is 5.32 Å². The second kappa shape index (κ2) is 8.85.